The quantitative estimate of drug-likeness (QED) is 0.715. The van der Waals surface area contributed by atoms with Crippen molar-refractivity contribution in [3.8, 4) is 5.75 Å². The molecule has 1 rings (SSSR count). The third-order valence-corrected chi connectivity index (χ3v) is 2.89. The van der Waals surface area contributed by atoms with Gasteiger partial charge in [0, 0.05) is 13.0 Å². The molecule has 0 aliphatic rings. The summed E-state index contributed by atoms with van der Waals surface area (Å²) in [4.78, 5) is 22.3. The Kier molecular flexibility index (Phi) is 6.56. The lowest BCUT2D eigenvalue weighted by Crippen LogP contribution is -2.38. The molecule has 0 fully saturated rings. The summed E-state index contributed by atoms with van der Waals surface area (Å²) >= 11 is 0. The van der Waals surface area contributed by atoms with Crippen LogP contribution in [0, 0.1) is 6.92 Å². The number of carbonyl (C=O) groups excluding carboxylic acids is 1. The number of nitrogens with one attached hydrogen (secondary N) is 1. The van der Waals surface area contributed by atoms with Crippen molar-refractivity contribution >= 4 is 11.9 Å². The maximum atomic E-state index is 12.0. The SMILES string of the molecule is CCC(Oc1ccccc1C)C(=O)NCCCC(=O)O. The van der Waals surface area contributed by atoms with Crippen LogP contribution in [-0.4, -0.2) is 29.6 Å². The van der Waals surface area contributed by atoms with E-state index in [4.69, 9.17) is 9.84 Å². The molecular weight excluding hydrogens is 258 g/mol. The zero-order valence-corrected chi connectivity index (χ0v) is 11.9. The number of carboxylic acid groups (broad SMARTS) is 1. The number of benzene rings is 1. The number of amides is 1. The minimum atomic E-state index is -0.859. The molecule has 5 heteroatoms. The highest BCUT2D eigenvalue weighted by atomic mass is 16.5. The molecule has 2 N–H and O–H groups in total. The van der Waals surface area contributed by atoms with Gasteiger partial charge in [0.25, 0.3) is 5.91 Å². The Morgan fingerprint density at radius 2 is 2.05 bits per heavy atom. The van der Waals surface area contributed by atoms with Crippen LogP contribution in [0.25, 0.3) is 0 Å². The summed E-state index contributed by atoms with van der Waals surface area (Å²) < 4.78 is 5.71. The van der Waals surface area contributed by atoms with Gasteiger partial charge in [-0.3, -0.25) is 9.59 Å². The maximum absolute atomic E-state index is 12.0. The Hall–Kier alpha value is -2.04. The molecule has 0 saturated heterocycles. The summed E-state index contributed by atoms with van der Waals surface area (Å²) in [5, 5.41) is 11.2. The smallest absolute Gasteiger partial charge is 0.303 e. The number of aryl methyl sites for hydroxylation is 1. The van der Waals surface area contributed by atoms with Crippen molar-refractivity contribution in [2.45, 2.75) is 39.2 Å². The van der Waals surface area contributed by atoms with E-state index in [0.29, 0.717) is 25.1 Å². The van der Waals surface area contributed by atoms with Gasteiger partial charge >= 0.3 is 5.97 Å². The van der Waals surface area contributed by atoms with Crippen LogP contribution in [0.3, 0.4) is 0 Å². The molecule has 0 bridgehead atoms. The first-order valence-corrected chi connectivity index (χ1v) is 6.76. The molecule has 0 heterocycles. The Bertz CT molecular complexity index is 459. The number of para-hydroxylation sites is 1. The zero-order chi connectivity index (χ0) is 15.0. The summed E-state index contributed by atoms with van der Waals surface area (Å²) in [7, 11) is 0. The number of hydrogen-bond donors (Lipinski definition) is 2. The molecule has 1 aromatic carbocycles. The minimum absolute atomic E-state index is 0.0513. The van der Waals surface area contributed by atoms with Crippen molar-refractivity contribution < 1.29 is 19.4 Å². The molecule has 0 saturated carbocycles. The maximum Gasteiger partial charge on any atom is 0.303 e. The van der Waals surface area contributed by atoms with Gasteiger partial charge in [-0.25, -0.2) is 0 Å². The van der Waals surface area contributed by atoms with E-state index in [0.717, 1.165) is 5.56 Å². The van der Waals surface area contributed by atoms with E-state index < -0.39 is 12.1 Å². The molecule has 1 atom stereocenters. The second kappa shape index (κ2) is 8.19. The van der Waals surface area contributed by atoms with Crippen LogP contribution < -0.4 is 10.1 Å². The average Bonchev–Trinajstić information content (AvgIpc) is 2.42. The predicted molar refractivity (Wildman–Crippen MR) is 75.8 cm³/mol. The van der Waals surface area contributed by atoms with Gasteiger partial charge in [-0.15, -0.1) is 0 Å². The van der Waals surface area contributed by atoms with Crippen molar-refractivity contribution in [3.05, 3.63) is 29.8 Å². The van der Waals surface area contributed by atoms with E-state index in [-0.39, 0.29) is 12.3 Å². The highest BCUT2D eigenvalue weighted by Crippen LogP contribution is 2.18. The highest BCUT2D eigenvalue weighted by molar-refractivity contribution is 5.81. The van der Waals surface area contributed by atoms with E-state index >= 15 is 0 Å². The lowest BCUT2D eigenvalue weighted by atomic mass is 10.2. The fourth-order valence-electron chi connectivity index (χ4n) is 1.73. The van der Waals surface area contributed by atoms with Crippen LogP contribution in [0.1, 0.15) is 31.7 Å². The third-order valence-electron chi connectivity index (χ3n) is 2.89. The van der Waals surface area contributed by atoms with Gasteiger partial charge < -0.3 is 15.2 Å². The van der Waals surface area contributed by atoms with E-state index in [1.807, 2.05) is 38.1 Å². The number of aliphatic carboxylic acids is 1. The predicted octanol–water partition coefficient (Wildman–Crippen LogP) is 2.13. The van der Waals surface area contributed by atoms with Crippen LogP contribution in [0.2, 0.25) is 0 Å². The van der Waals surface area contributed by atoms with E-state index in [2.05, 4.69) is 5.32 Å². The molecule has 1 unspecified atom stereocenters. The van der Waals surface area contributed by atoms with Crippen molar-refractivity contribution in [1.29, 1.82) is 0 Å². The van der Waals surface area contributed by atoms with Gasteiger partial charge in [0.2, 0.25) is 0 Å². The number of ether oxygens (including phenoxy) is 1. The molecule has 1 aromatic rings. The van der Waals surface area contributed by atoms with Crippen molar-refractivity contribution in [3.63, 3.8) is 0 Å². The molecule has 1 amide bonds. The first-order chi connectivity index (χ1) is 9.54. The summed E-state index contributed by atoms with van der Waals surface area (Å²) in [5.41, 5.74) is 0.977. The largest absolute Gasteiger partial charge is 0.481 e. The van der Waals surface area contributed by atoms with Gasteiger partial charge in [-0.1, -0.05) is 25.1 Å². The molecule has 0 aliphatic carbocycles. The summed E-state index contributed by atoms with van der Waals surface area (Å²) in [6.07, 6.45) is 0.470. The normalized spacial score (nSPS) is 11.7. The molecular formula is C15H21NO4. The van der Waals surface area contributed by atoms with Crippen LogP contribution in [0.5, 0.6) is 5.75 Å². The van der Waals surface area contributed by atoms with Crippen LogP contribution >= 0.6 is 0 Å². The van der Waals surface area contributed by atoms with Gasteiger partial charge in [-0.05, 0) is 31.4 Å². The second-order valence-corrected chi connectivity index (χ2v) is 4.57. The number of hydrogen-bond acceptors (Lipinski definition) is 3. The second-order valence-electron chi connectivity index (χ2n) is 4.57. The highest BCUT2D eigenvalue weighted by Gasteiger charge is 2.18. The van der Waals surface area contributed by atoms with Crippen LogP contribution in [0.15, 0.2) is 24.3 Å². The zero-order valence-electron chi connectivity index (χ0n) is 11.9. The molecule has 0 spiro atoms. The summed E-state index contributed by atoms with van der Waals surface area (Å²) in [5.74, 6) is -0.372. The molecule has 0 aromatic heterocycles. The van der Waals surface area contributed by atoms with Crippen LogP contribution in [-0.2, 0) is 9.59 Å². The first-order valence-electron chi connectivity index (χ1n) is 6.76. The Morgan fingerprint density at radius 3 is 2.65 bits per heavy atom. The third kappa shape index (κ3) is 5.30. The van der Waals surface area contributed by atoms with E-state index in [1.165, 1.54) is 0 Å². The van der Waals surface area contributed by atoms with E-state index in [1.54, 1.807) is 0 Å². The average molecular weight is 279 g/mol. The van der Waals surface area contributed by atoms with Gasteiger partial charge in [0.05, 0.1) is 0 Å². The van der Waals surface area contributed by atoms with Crippen molar-refractivity contribution in [2.75, 3.05) is 6.54 Å². The molecule has 20 heavy (non-hydrogen) atoms. The van der Waals surface area contributed by atoms with Crippen molar-refractivity contribution in [1.82, 2.24) is 5.32 Å². The Morgan fingerprint density at radius 1 is 1.35 bits per heavy atom. The van der Waals surface area contributed by atoms with Crippen LogP contribution in [0.4, 0.5) is 0 Å². The lowest BCUT2D eigenvalue weighted by Gasteiger charge is -2.18. The fourth-order valence-corrected chi connectivity index (χ4v) is 1.73. The Labute approximate surface area is 118 Å². The standard InChI is InChI=1S/C15H21NO4/c1-3-12(15(19)16-10-6-9-14(17)18)20-13-8-5-4-7-11(13)2/h4-5,7-8,12H,3,6,9-10H2,1-2H3,(H,16,19)(H,17,18). The summed E-state index contributed by atoms with van der Waals surface area (Å²) in [6, 6.07) is 7.53. The van der Waals surface area contributed by atoms with Gasteiger partial charge in [-0.2, -0.15) is 0 Å². The minimum Gasteiger partial charge on any atom is -0.481 e. The van der Waals surface area contributed by atoms with E-state index in [9.17, 15) is 9.59 Å². The fraction of sp³-hybridized carbons (Fsp3) is 0.467. The Balaban J connectivity index is 2.47. The topological polar surface area (TPSA) is 75.6 Å². The monoisotopic (exact) mass is 279 g/mol. The lowest BCUT2D eigenvalue weighted by molar-refractivity contribution is -0.137. The number of carboxylic acids is 1. The first kappa shape index (κ1) is 16.0. The molecule has 0 aliphatic heterocycles. The summed E-state index contributed by atoms with van der Waals surface area (Å²) in [6.45, 7) is 4.14. The molecule has 0 radical (unpaired) electrons. The van der Waals surface area contributed by atoms with Gasteiger partial charge in [0.15, 0.2) is 6.10 Å². The number of rotatable bonds is 8. The number of carbonyl (C=O) groups is 2. The molecule has 5 nitrogen and oxygen atoms in total. The van der Waals surface area contributed by atoms with Gasteiger partial charge in [0.1, 0.15) is 5.75 Å². The molecule has 110 valence electrons. The van der Waals surface area contributed by atoms with Crippen molar-refractivity contribution in [2.24, 2.45) is 0 Å².